The molecule has 1 amide bonds. The SMILES string of the molecule is CCOc1ccc(Oc2ccccc2NC(=O)C2CCN(c3nc4ccccc4o3)CC2)cc1. The van der Waals surface area contributed by atoms with Crippen LogP contribution in [0.5, 0.6) is 17.2 Å². The Balaban J connectivity index is 1.20. The number of carbonyl (C=O) groups is 1. The van der Waals surface area contributed by atoms with Gasteiger partial charge in [-0.05, 0) is 68.3 Å². The summed E-state index contributed by atoms with van der Waals surface area (Å²) in [6.45, 7) is 4.00. The van der Waals surface area contributed by atoms with Crippen LogP contribution < -0.4 is 19.7 Å². The van der Waals surface area contributed by atoms with E-state index in [0.29, 0.717) is 29.8 Å². The van der Waals surface area contributed by atoms with Crippen LogP contribution in [0.1, 0.15) is 19.8 Å². The van der Waals surface area contributed by atoms with Gasteiger partial charge < -0.3 is 24.1 Å². The molecule has 0 saturated carbocycles. The summed E-state index contributed by atoms with van der Waals surface area (Å²) in [4.78, 5) is 19.7. The minimum absolute atomic E-state index is 0.0000380. The van der Waals surface area contributed by atoms with Crippen LogP contribution in [0.15, 0.2) is 77.2 Å². The molecule has 174 valence electrons. The van der Waals surface area contributed by atoms with Crippen LogP contribution in [0.25, 0.3) is 11.1 Å². The van der Waals surface area contributed by atoms with Crippen molar-refractivity contribution in [1.29, 1.82) is 0 Å². The van der Waals surface area contributed by atoms with Gasteiger partial charge in [0.25, 0.3) is 6.01 Å². The van der Waals surface area contributed by atoms with E-state index in [0.717, 1.165) is 42.8 Å². The zero-order valence-corrected chi connectivity index (χ0v) is 19.1. The maximum atomic E-state index is 13.0. The Bertz CT molecular complexity index is 1230. The molecule has 1 aliphatic heterocycles. The van der Waals surface area contributed by atoms with Crippen molar-refractivity contribution in [2.24, 2.45) is 5.92 Å². The molecule has 2 heterocycles. The minimum Gasteiger partial charge on any atom is -0.494 e. The highest BCUT2D eigenvalue weighted by molar-refractivity contribution is 5.94. The lowest BCUT2D eigenvalue weighted by Crippen LogP contribution is -2.38. The average Bonchev–Trinajstić information content (AvgIpc) is 3.31. The van der Waals surface area contributed by atoms with E-state index >= 15 is 0 Å². The van der Waals surface area contributed by atoms with Gasteiger partial charge in [-0.3, -0.25) is 4.79 Å². The number of amides is 1. The Morgan fingerprint density at radius 1 is 1.00 bits per heavy atom. The molecule has 0 radical (unpaired) electrons. The molecule has 0 bridgehead atoms. The molecule has 3 aromatic carbocycles. The second-order valence-corrected chi connectivity index (χ2v) is 8.22. The van der Waals surface area contributed by atoms with Gasteiger partial charge in [-0.2, -0.15) is 4.98 Å². The summed E-state index contributed by atoms with van der Waals surface area (Å²) in [5.74, 6) is 1.99. The highest BCUT2D eigenvalue weighted by Crippen LogP contribution is 2.32. The number of para-hydroxylation sites is 4. The third-order valence-electron chi connectivity index (χ3n) is 5.93. The van der Waals surface area contributed by atoms with Gasteiger partial charge in [-0.1, -0.05) is 24.3 Å². The van der Waals surface area contributed by atoms with Crippen LogP contribution in [0.2, 0.25) is 0 Å². The fourth-order valence-electron chi connectivity index (χ4n) is 4.12. The number of oxazole rings is 1. The standard InChI is InChI=1S/C27H27N3O4/c1-2-32-20-11-13-21(14-12-20)33-24-9-5-3-7-22(24)28-26(31)19-15-17-30(18-16-19)27-29-23-8-4-6-10-25(23)34-27/h3-14,19H,2,15-18H2,1H3,(H,28,31). The Labute approximate surface area is 198 Å². The van der Waals surface area contributed by atoms with Crippen LogP contribution in [-0.2, 0) is 4.79 Å². The van der Waals surface area contributed by atoms with Gasteiger partial charge in [-0.15, -0.1) is 0 Å². The summed E-state index contributed by atoms with van der Waals surface area (Å²) in [7, 11) is 0. The number of piperidine rings is 1. The number of nitrogens with zero attached hydrogens (tertiary/aromatic N) is 2. The van der Waals surface area contributed by atoms with Gasteiger partial charge in [0.15, 0.2) is 11.3 Å². The number of hydrogen-bond donors (Lipinski definition) is 1. The third kappa shape index (κ3) is 4.83. The van der Waals surface area contributed by atoms with Crippen LogP contribution in [-0.4, -0.2) is 30.6 Å². The monoisotopic (exact) mass is 457 g/mol. The quantitative estimate of drug-likeness (QED) is 0.374. The summed E-state index contributed by atoms with van der Waals surface area (Å²) in [5, 5.41) is 3.06. The highest BCUT2D eigenvalue weighted by atomic mass is 16.5. The van der Waals surface area contributed by atoms with E-state index in [4.69, 9.17) is 13.9 Å². The fraction of sp³-hybridized carbons (Fsp3) is 0.259. The fourth-order valence-corrected chi connectivity index (χ4v) is 4.12. The number of aromatic nitrogens is 1. The normalized spacial score (nSPS) is 14.2. The summed E-state index contributed by atoms with van der Waals surface area (Å²) in [6, 6.07) is 23.3. The first kappa shape index (κ1) is 21.8. The van der Waals surface area contributed by atoms with E-state index in [1.54, 1.807) is 0 Å². The van der Waals surface area contributed by atoms with Crippen molar-refractivity contribution in [1.82, 2.24) is 4.98 Å². The molecular weight excluding hydrogens is 430 g/mol. The Morgan fingerprint density at radius 3 is 2.47 bits per heavy atom. The van der Waals surface area contributed by atoms with E-state index in [1.807, 2.05) is 79.7 Å². The highest BCUT2D eigenvalue weighted by Gasteiger charge is 2.27. The van der Waals surface area contributed by atoms with Gasteiger partial charge in [0.05, 0.1) is 12.3 Å². The molecule has 1 aliphatic rings. The molecule has 1 aromatic heterocycles. The van der Waals surface area contributed by atoms with Crippen LogP contribution in [0.3, 0.4) is 0 Å². The first-order valence-electron chi connectivity index (χ1n) is 11.6. The lowest BCUT2D eigenvalue weighted by atomic mass is 9.96. The Kier molecular flexibility index (Phi) is 6.33. The maximum absolute atomic E-state index is 13.0. The molecule has 1 saturated heterocycles. The number of carbonyl (C=O) groups excluding carboxylic acids is 1. The van der Waals surface area contributed by atoms with Gasteiger partial charge in [0, 0.05) is 19.0 Å². The molecule has 1 N–H and O–H groups in total. The second-order valence-electron chi connectivity index (χ2n) is 8.22. The number of benzene rings is 3. The van der Waals surface area contributed by atoms with Crippen molar-refractivity contribution in [2.75, 3.05) is 29.9 Å². The third-order valence-corrected chi connectivity index (χ3v) is 5.93. The average molecular weight is 458 g/mol. The lowest BCUT2D eigenvalue weighted by molar-refractivity contribution is -0.120. The number of hydrogen-bond acceptors (Lipinski definition) is 6. The topological polar surface area (TPSA) is 76.8 Å². The van der Waals surface area contributed by atoms with Gasteiger partial charge in [0.2, 0.25) is 5.91 Å². The molecule has 0 spiro atoms. The predicted molar refractivity (Wildman–Crippen MR) is 132 cm³/mol. The van der Waals surface area contributed by atoms with Crippen molar-refractivity contribution in [3.8, 4) is 17.2 Å². The van der Waals surface area contributed by atoms with Crippen molar-refractivity contribution in [3.05, 3.63) is 72.8 Å². The van der Waals surface area contributed by atoms with E-state index in [1.165, 1.54) is 0 Å². The molecule has 0 aliphatic carbocycles. The zero-order chi connectivity index (χ0) is 23.3. The molecule has 1 fully saturated rings. The van der Waals surface area contributed by atoms with E-state index in [9.17, 15) is 4.79 Å². The molecule has 7 nitrogen and oxygen atoms in total. The van der Waals surface area contributed by atoms with Crippen LogP contribution in [0.4, 0.5) is 11.7 Å². The van der Waals surface area contributed by atoms with Gasteiger partial charge in [0.1, 0.15) is 17.0 Å². The largest absolute Gasteiger partial charge is 0.494 e. The number of ether oxygens (including phenoxy) is 2. The van der Waals surface area contributed by atoms with Crippen LogP contribution in [0, 0.1) is 5.92 Å². The zero-order valence-electron chi connectivity index (χ0n) is 19.1. The summed E-state index contributed by atoms with van der Waals surface area (Å²) in [5.41, 5.74) is 2.28. The Morgan fingerprint density at radius 2 is 1.71 bits per heavy atom. The summed E-state index contributed by atoms with van der Waals surface area (Å²) < 4.78 is 17.4. The second kappa shape index (κ2) is 9.87. The molecule has 0 atom stereocenters. The lowest BCUT2D eigenvalue weighted by Gasteiger charge is -2.30. The number of anilines is 2. The molecule has 34 heavy (non-hydrogen) atoms. The molecule has 7 heteroatoms. The van der Waals surface area contributed by atoms with Crippen molar-refractivity contribution in [3.63, 3.8) is 0 Å². The van der Waals surface area contributed by atoms with E-state index in [2.05, 4.69) is 15.2 Å². The Hall–Kier alpha value is -4.00. The number of nitrogens with one attached hydrogen (secondary N) is 1. The van der Waals surface area contributed by atoms with E-state index in [-0.39, 0.29) is 11.8 Å². The summed E-state index contributed by atoms with van der Waals surface area (Å²) >= 11 is 0. The smallest absolute Gasteiger partial charge is 0.298 e. The van der Waals surface area contributed by atoms with Gasteiger partial charge >= 0.3 is 0 Å². The molecule has 4 aromatic rings. The van der Waals surface area contributed by atoms with E-state index < -0.39 is 0 Å². The first-order chi connectivity index (χ1) is 16.7. The number of fused-ring (bicyclic) bond motifs is 1. The molecule has 5 rings (SSSR count). The van der Waals surface area contributed by atoms with Gasteiger partial charge in [-0.25, -0.2) is 0 Å². The van der Waals surface area contributed by atoms with Crippen molar-refractivity contribution >= 4 is 28.7 Å². The van der Waals surface area contributed by atoms with Crippen molar-refractivity contribution < 1.29 is 18.7 Å². The van der Waals surface area contributed by atoms with Crippen molar-refractivity contribution in [2.45, 2.75) is 19.8 Å². The predicted octanol–water partition coefficient (Wildman–Crippen LogP) is 5.87. The molecular formula is C27H27N3O4. The van der Waals surface area contributed by atoms with Crippen LogP contribution >= 0.6 is 0 Å². The summed E-state index contributed by atoms with van der Waals surface area (Å²) in [6.07, 6.45) is 1.46. The number of rotatable bonds is 7. The molecule has 0 unspecified atom stereocenters. The minimum atomic E-state index is -0.0841. The maximum Gasteiger partial charge on any atom is 0.298 e. The first-order valence-corrected chi connectivity index (χ1v) is 11.6.